The Morgan fingerprint density at radius 3 is 2.38 bits per heavy atom. The van der Waals surface area contributed by atoms with E-state index in [1.165, 1.54) is 4.68 Å². The van der Waals surface area contributed by atoms with Gasteiger partial charge in [-0.3, -0.25) is 10.4 Å². The van der Waals surface area contributed by atoms with Crippen LogP contribution < -0.4 is 21.6 Å². The van der Waals surface area contributed by atoms with Gasteiger partial charge in [-0.1, -0.05) is 35.3 Å². The number of H-pyrrole nitrogens is 1. The Labute approximate surface area is 235 Å². The molecule has 2 heterocycles. The average molecular weight is 563 g/mol. The smallest absolute Gasteiger partial charge is 0.348 e. The van der Waals surface area contributed by atoms with Crippen molar-refractivity contribution >= 4 is 45.5 Å². The zero-order chi connectivity index (χ0) is 27.7. The third kappa shape index (κ3) is 5.44. The number of aromatic amines is 1. The Kier molecular flexibility index (Phi) is 7.50. The largest absolute Gasteiger partial charge is 0.436 e. The summed E-state index contributed by atoms with van der Waals surface area (Å²) in [7, 11) is 0. The van der Waals surface area contributed by atoms with E-state index in [1.54, 1.807) is 18.2 Å². The van der Waals surface area contributed by atoms with Gasteiger partial charge in [0, 0.05) is 40.3 Å². The maximum absolute atomic E-state index is 12.9. The molecule has 5 aromatic rings. The van der Waals surface area contributed by atoms with Gasteiger partial charge in [-0.2, -0.15) is 4.68 Å². The first kappa shape index (κ1) is 26.6. The van der Waals surface area contributed by atoms with E-state index in [9.17, 15) is 4.79 Å². The van der Waals surface area contributed by atoms with Gasteiger partial charge in [-0.25, -0.2) is 4.79 Å². The summed E-state index contributed by atoms with van der Waals surface area (Å²) < 4.78 is 7.58. The first-order chi connectivity index (χ1) is 18.8. The SMILES string of the molecule is CCN(CC)c1ccc2cc(-c3nn(-c4ccc(C)c(Cl)c4)c(=O)[nH]3)/c(=N\Nc3ccc(C)c(Cl)c3)oc2c1. The Morgan fingerprint density at radius 1 is 0.974 bits per heavy atom. The molecule has 0 aliphatic rings. The van der Waals surface area contributed by atoms with E-state index >= 15 is 0 Å². The van der Waals surface area contributed by atoms with Crippen LogP contribution in [0.1, 0.15) is 25.0 Å². The van der Waals surface area contributed by atoms with Gasteiger partial charge < -0.3 is 9.32 Å². The molecular weight excluding hydrogens is 535 g/mol. The summed E-state index contributed by atoms with van der Waals surface area (Å²) in [5.74, 6) is 0.303. The van der Waals surface area contributed by atoms with Gasteiger partial charge in [0.2, 0.25) is 5.55 Å². The Hall–Kier alpha value is -4.01. The Bertz CT molecular complexity index is 1800. The maximum atomic E-state index is 12.9. The highest BCUT2D eigenvalue weighted by molar-refractivity contribution is 6.31. The molecule has 39 heavy (non-hydrogen) atoms. The molecule has 0 radical (unpaired) electrons. The van der Waals surface area contributed by atoms with Gasteiger partial charge in [-0.15, -0.1) is 10.2 Å². The average Bonchev–Trinajstić information content (AvgIpc) is 3.32. The van der Waals surface area contributed by atoms with Crippen molar-refractivity contribution in [2.45, 2.75) is 27.7 Å². The second-order valence-corrected chi connectivity index (χ2v) is 9.99. The number of nitrogens with one attached hydrogen (secondary N) is 2. The van der Waals surface area contributed by atoms with Crippen LogP contribution in [0.5, 0.6) is 0 Å². The molecule has 0 fully saturated rings. The summed E-state index contributed by atoms with van der Waals surface area (Å²) in [6.45, 7) is 9.79. The number of anilines is 2. The van der Waals surface area contributed by atoms with E-state index < -0.39 is 5.69 Å². The van der Waals surface area contributed by atoms with Crippen LogP contribution in [0, 0.1) is 13.8 Å². The summed E-state index contributed by atoms with van der Waals surface area (Å²) in [6, 6.07) is 18.8. The lowest BCUT2D eigenvalue weighted by Crippen LogP contribution is -2.21. The number of halogens is 2. The highest BCUT2D eigenvalue weighted by atomic mass is 35.5. The summed E-state index contributed by atoms with van der Waals surface area (Å²) in [5.41, 5.74) is 8.17. The van der Waals surface area contributed by atoms with E-state index in [4.69, 9.17) is 27.6 Å². The second-order valence-electron chi connectivity index (χ2n) is 9.17. The first-order valence-electron chi connectivity index (χ1n) is 12.6. The minimum absolute atomic E-state index is 0.249. The Balaban J connectivity index is 1.66. The quantitative estimate of drug-likeness (QED) is 0.216. The minimum atomic E-state index is -0.411. The van der Waals surface area contributed by atoms with Gasteiger partial charge in [-0.05, 0) is 81.3 Å². The van der Waals surface area contributed by atoms with Crippen LogP contribution in [-0.4, -0.2) is 27.9 Å². The minimum Gasteiger partial charge on any atom is -0.436 e. The van der Waals surface area contributed by atoms with Crippen LogP contribution in [0.25, 0.3) is 28.0 Å². The number of hydrogen-bond donors (Lipinski definition) is 2. The van der Waals surface area contributed by atoms with Crippen molar-refractivity contribution in [3.05, 3.63) is 97.9 Å². The van der Waals surface area contributed by atoms with Crippen molar-refractivity contribution in [1.82, 2.24) is 14.8 Å². The molecule has 0 bridgehead atoms. The molecule has 10 heteroatoms. The number of benzene rings is 3. The normalized spacial score (nSPS) is 11.8. The van der Waals surface area contributed by atoms with Gasteiger partial charge in [0.15, 0.2) is 5.82 Å². The second kappa shape index (κ2) is 11.0. The van der Waals surface area contributed by atoms with E-state index in [0.29, 0.717) is 38.4 Å². The van der Waals surface area contributed by atoms with Gasteiger partial charge in [0.25, 0.3) is 0 Å². The van der Waals surface area contributed by atoms with E-state index in [-0.39, 0.29) is 5.55 Å². The molecule has 3 aromatic carbocycles. The molecule has 0 atom stereocenters. The lowest BCUT2D eigenvalue weighted by atomic mass is 10.1. The molecule has 2 aromatic heterocycles. The highest BCUT2D eigenvalue weighted by Crippen LogP contribution is 2.25. The highest BCUT2D eigenvalue weighted by Gasteiger charge is 2.15. The lowest BCUT2D eigenvalue weighted by Gasteiger charge is -2.21. The number of nitrogens with zero attached hydrogens (tertiary/aromatic N) is 4. The fourth-order valence-electron chi connectivity index (χ4n) is 4.26. The van der Waals surface area contributed by atoms with Crippen molar-refractivity contribution in [1.29, 1.82) is 0 Å². The zero-order valence-corrected chi connectivity index (χ0v) is 23.6. The molecule has 8 nitrogen and oxygen atoms in total. The zero-order valence-electron chi connectivity index (χ0n) is 22.0. The van der Waals surface area contributed by atoms with Crippen LogP contribution in [0.4, 0.5) is 11.4 Å². The number of aryl methyl sites for hydroxylation is 2. The fraction of sp³-hybridized carbons (Fsp3) is 0.207. The summed E-state index contributed by atoms with van der Waals surface area (Å²) >= 11 is 12.6. The third-order valence-corrected chi connectivity index (χ3v) is 7.41. The molecule has 0 aliphatic heterocycles. The molecule has 0 aliphatic carbocycles. The van der Waals surface area contributed by atoms with Gasteiger partial charge in [0.05, 0.1) is 16.9 Å². The molecule has 0 spiro atoms. The molecule has 0 unspecified atom stereocenters. The van der Waals surface area contributed by atoms with E-state index in [0.717, 1.165) is 35.3 Å². The van der Waals surface area contributed by atoms with Crippen molar-refractivity contribution < 1.29 is 4.42 Å². The summed E-state index contributed by atoms with van der Waals surface area (Å²) in [4.78, 5) is 18.0. The lowest BCUT2D eigenvalue weighted by molar-refractivity contribution is 0.542. The van der Waals surface area contributed by atoms with Gasteiger partial charge in [0.1, 0.15) is 5.58 Å². The van der Waals surface area contributed by atoms with Crippen molar-refractivity contribution in [3.63, 3.8) is 0 Å². The molecule has 5 rings (SSSR count). The van der Waals surface area contributed by atoms with Crippen molar-refractivity contribution in [3.8, 4) is 17.1 Å². The fourth-order valence-corrected chi connectivity index (χ4v) is 4.61. The maximum Gasteiger partial charge on any atom is 0.348 e. The number of hydrogen-bond acceptors (Lipinski definition) is 6. The molecule has 0 saturated carbocycles. The topological polar surface area (TPSA) is 91.5 Å². The van der Waals surface area contributed by atoms with Crippen LogP contribution in [0.3, 0.4) is 0 Å². The van der Waals surface area contributed by atoms with Crippen LogP contribution in [0.2, 0.25) is 10.0 Å². The van der Waals surface area contributed by atoms with Gasteiger partial charge >= 0.3 is 5.69 Å². The van der Waals surface area contributed by atoms with Crippen LogP contribution >= 0.6 is 23.2 Å². The number of aromatic nitrogens is 3. The standard InChI is InChI=1S/C29H28Cl2N6O2/c1-5-36(6-2)21-12-9-19-13-23(27-32-29(38)37(35-27)22-11-8-18(4)25(31)15-22)28(39-26(19)16-21)34-33-20-10-7-17(3)24(30)14-20/h7-16,33H,5-6H2,1-4H3,(H,32,35,38)/b34-28+. The van der Waals surface area contributed by atoms with E-state index in [2.05, 4.69) is 39.4 Å². The summed E-state index contributed by atoms with van der Waals surface area (Å²) in [5, 5.41) is 11.1. The predicted molar refractivity (Wildman–Crippen MR) is 158 cm³/mol. The number of fused-ring (bicyclic) bond motifs is 1. The Morgan fingerprint density at radius 2 is 1.69 bits per heavy atom. The molecule has 0 amide bonds. The monoisotopic (exact) mass is 562 g/mol. The van der Waals surface area contributed by atoms with Crippen molar-refractivity contribution in [2.75, 3.05) is 23.4 Å². The molecule has 0 saturated heterocycles. The first-order valence-corrected chi connectivity index (χ1v) is 13.4. The molecule has 200 valence electrons. The molecular formula is C29H28Cl2N6O2. The van der Waals surface area contributed by atoms with Crippen LogP contribution in [0.15, 0.2) is 75.0 Å². The predicted octanol–water partition coefficient (Wildman–Crippen LogP) is 6.67. The van der Waals surface area contributed by atoms with Crippen molar-refractivity contribution in [2.24, 2.45) is 5.10 Å². The molecule has 2 N–H and O–H groups in total. The number of rotatable bonds is 7. The summed E-state index contributed by atoms with van der Waals surface area (Å²) in [6.07, 6.45) is 0. The van der Waals surface area contributed by atoms with Crippen LogP contribution in [-0.2, 0) is 0 Å². The third-order valence-electron chi connectivity index (χ3n) is 6.59. The van der Waals surface area contributed by atoms with E-state index in [1.807, 2.05) is 56.3 Å².